The first-order valence-corrected chi connectivity index (χ1v) is 6.78. The van der Waals surface area contributed by atoms with Crippen LogP contribution in [0, 0.1) is 0 Å². The molecule has 0 aliphatic rings. The van der Waals surface area contributed by atoms with E-state index < -0.39 is 17.2 Å². The fraction of sp³-hybridized carbons (Fsp3) is 0.133. The summed E-state index contributed by atoms with van der Waals surface area (Å²) in [6, 6.07) is 8.19. The molecule has 0 unspecified atom stereocenters. The highest BCUT2D eigenvalue weighted by molar-refractivity contribution is 6.30. The normalized spacial score (nSPS) is 10.9. The Kier molecular flexibility index (Phi) is 4.62. The van der Waals surface area contributed by atoms with Crippen molar-refractivity contribution in [1.29, 1.82) is 0 Å². The van der Waals surface area contributed by atoms with Crippen molar-refractivity contribution >= 4 is 29.4 Å². The minimum atomic E-state index is -0.512. The molecule has 0 aliphatic carbocycles. The van der Waals surface area contributed by atoms with Crippen molar-refractivity contribution in [3.63, 3.8) is 0 Å². The lowest BCUT2D eigenvalue weighted by atomic mass is 10.2. The Labute approximate surface area is 131 Å². The molecular formula is C15H14ClN3O3. The van der Waals surface area contributed by atoms with Gasteiger partial charge in [0.15, 0.2) is 0 Å². The van der Waals surface area contributed by atoms with Crippen LogP contribution in [0.2, 0.25) is 5.02 Å². The van der Waals surface area contributed by atoms with Crippen LogP contribution >= 0.6 is 11.6 Å². The number of carbonyl (C=O) groups excluding carboxylic acids is 1. The van der Waals surface area contributed by atoms with Gasteiger partial charge in [-0.1, -0.05) is 23.7 Å². The molecule has 1 N–H and O–H groups in total. The predicted molar refractivity (Wildman–Crippen MR) is 86.0 cm³/mol. The highest BCUT2D eigenvalue weighted by Crippen LogP contribution is 2.11. The Balaban J connectivity index is 2.20. The van der Waals surface area contributed by atoms with E-state index in [4.69, 9.17) is 11.6 Å². The second-order valence-corrected chi connectivity index (χ2v) is 5.08. The van der Waals surface area contributed by atoms with E-state index in [-0.39, 0.29) is 5.82 Å². The maximum absolute atomic E-state index is 11.9. The number of amides is 1. The molecule has 0 spiro atoms. The van der Waals surface area contributed by atoms with E-state index in [9.17, 15) is 14.4 Å². The largest absolute Gasteiger partial charge is 0.332 e. The van der Waals surface area contributed by atoms with Crippen molar-refractivity contribution in [3.05, 3.63) is 67.8 Å². The van der Waals surface area contributed by atoms with E-state index >= 15 is 0 Å². The zero-order chi connectivity index (χ0) is 16.3. The number of hydrogen-bond acceptors (Lipinski definition) is 3. The molecule has 0 saturated carbocycles. The third-order valence-electron chi connectivity index (χ3n) is 3.05. The quantitative estimate of drug-likeness (QED) is 0.869. The van der Waals surface area contributed by atoms with Gasteiger partial charge in [0.05, 0.1) is 0 Å². The Hall–Kier alpha value is -2.60. The minimum absolute atomic E-state index is 0.133. The topological polar surface area (TPSA) is 73.1 Å². The molecule has 2 rings (SSSR count). The van der Waals surface area contributed by atoms with Crippen LogP contribution in [0.1, 0.15) is 5.56 Å². The van der Waals surface area contributed by atoms with Gasteiger partial charge in [0, 0.05) is 31.3 Å². The van der Waals surface area contributed by atoms with E-state index in [0.29, 0.717) is 5.02 Å². The SMILES string of the molecule is Cn1c(NC(=O)/C=C/c2cccc(Cl)c2)cc(=O)n(C)c1=O. The Bertz CT molecular complexity index is 865. The molecule has 114 valence electrons. The van der Waals surface area contributed by atoms with E-state index in [2.05, 4.69) is 5.32 Å². The zero-order valence-electron chi connectivity index (χ0n) is 12.0. The van der Waals surface area contributed by atoms with Crippen molar-refractivity contribution in [2.75, 3.05) is 5.32 Å². The van der Waals surface area contributed by atoms with Gasteiger partial charge in [0.2, 0.25) is 5.91 Å². The first-order chi connectivity index (χ1) is 10.4. The molecule has 1 aromatic carbocycles. The summed E-state index contributed by atoms with van der Waals surface area (Å²) in [7, 11) is 2.84. The van der Waals surface area contributed by atoms with Crippen molar-refractivity contribution < 1.29 is 4.79 Å². The summed E-state index contributed by atoms with van der Waals surface area (Å²) >= 11 is 5.85. The molecule has 0 aliphatic heterocycles. The van der Waals surface area contributed by atoms with Crippen molar-refractivity contribution in [2.45, 2.75) is 0 Å². The second kappa shape index (κ2) is 6.44. The van der Waals surface area contributed by atoms with Gasteiger partial charge in [-0.05, 0) is 23.8 Å². The average molecular weight is 320 g/mol. The smallest absolute Gasteiger partial charge is 0.308 e. The Morgan fingerprint density at radius 1 is 1.18 bits per heavy atom. The number of nitrogens with one attached hydrogen (secondary N) is 1. The molecule has 1 aromatic heterocycles. The highest BCUT2D eigenvalue weighted by Gasteiger charge is 2.07. The minimum Gasteiger partial charge on any atom is -0.308 e. The van der Waals surface area contributed by atoms with E-state index in [1.807, 2.05) is 0 Å². The molecule has 0 saturated heterocycles. The molecule has 22 heavy (non-hydrogen) atoms. The van der Waals surface area contributed by atoms with E-state index in [0.717, 1.165) is 10.1 Å². The number of halogens is 1. The average Bonchev–Trinajstić information content (AvgIpc) is 2.48. The van der Waals surface area contributed by atoms with Crippen molar-refractivity contribution in [1.82, 2.24) is 9.13 Å². The van der Waals surface area contributed by atoms with Crippen molar-refractivity contribution in [3.8, 4) is 0 Å². The zero-order valence-corrected chi connectivity index (χ0v) is 12.8. The number of benzene rings is 1. The summed E-state index contributed by atoms with van der Waals surface area (Å²) in [6.07, 6.45) is 2.88. The molecular weight excluding hydrogens is 306 g/mol. The number of anilines is 1. The third-order valence-corrected chi connectivity index (χ3v) is 3.29. The van der Waals surface area contributed by atoms with Crippen LogP contribution in [0.25, 0.3) is 6.08 Å². The maximum atomic E-state index is 11.9. The summed E-state index contributed by atoms with van der Waals surface area (Å²) in [5.74, 6) is -0.322. The monoisotopic (exact) mass is 319 g/mol. The number of rotatable bonds is 3. The molecule has 1 heterocycles. The second-order valence-electron chi connectivity index (χ2n) is 4.65. The van der Waals surface area contributed by atoms with Gasteiger partial charge in [-0.3, -0.25) is 18.7 Å². The van der Waals surface area contributed by atoms with Gasteiger partial charge in [0.1, 0.15) is 5.82 Å². The Morgan fingerprint density at radius 3 is 2.59 bits per heavy atom. The van der Waals surface area contributed by atoms with E-state index in [1.54, 1.807) is 30.3 Å². The first-order valence-electron chi connectivity index (χ1n) is 6.40. The molecule has 0 atom stereocenters. The number of nitrogens with zero attached hydrogens (tertiary/aromatic N) is 2. The molecule has 0 fully saturated rings. The fourth-order valence-electron chi connectivity index (χ4n) is 1.80. The van der Waals surface area contributed by atoms with Crippen LogP contribution in [0.4, 0.5) is 5.82 Å². The van der Waals surface area contributed by atoms with Gasteiger partial charge >= 0.3 is 5.69 Å². The molecule has 0 bridgehead atoms. The van der Waals surface area contributed by atoms with Gasteiger partial charge in [0.25, 0.3) is 5.56 Å². The molecule has 0 radical (unpaired) electrons. The fourth-order valence-corrected chi connectivity index (χ4v) is 2.00. The summed E-state index contributed by atoms with van der Waals surface area (Å²) in [4.78, 5) is 35.2. The van der Waals surface area contributed by atoms with Crippen LogP contribution in [-0.2, 0) is 18.9 Å². The lowest BCUT2D eigenvalue weighted by molar-refractivity contribution is -0.111. The Morgan fingerprint density at radius 2 is 1.91 bits per heavy atom. The summed E-state index contributed by atoms with van der Waals surface area (Å²) in [6.45, 7) is 0. The standard InChI is InChI=1S/C15H14ClN3O3/c1-18-12(9-14(21)19(2)15(18)22)17-13(20)7-6-10-4-3-5-11(16)8-10/h3-9H,1-2H3,(H,17,20)/b7-6+. The third kappa shape index (κ3) is 3.53. The molecule has 7 heteroatoms. The van der Waals surface area contributed by atoms with Crippen LogP contribution < -0.4 is 16.6 Å². The van der Waals surface area contributed by atoms with Crippen LogP contribution in [-0.4, -0.2) is 15.0 Å². The van der Waals surface area contributed by atoms with Gasteiger partial charge < -0.3 is 5.32 Å². The number of carbonyl (C=O) groups is 1. The first kappa shape index (κ1) is 15.8. The highest BCUT2D eigenvalue weighted by atomic mass is 35.5. The van der Waals surface area contributed by atoms with Crippen molar-refractivity contribution in [2.24, 2.45) is 14.1 Å². The number of hydrogen-bond donors (Lipinski definition) is 1. The van der Waals surface area contributed by atoms with Gasteiger partial charge in [-0.2, -0.15) is 0 Å². The van der Waals surface area contributed by atoms with E-state index in [1.165, 1.54) is 30.8 Å². The lowest BCUT2D eigenvalue weighted by Gasteiger charge is -2.09. The van der Waals surface area contributed by atoms with Crippen LogP contribution in [0.5, 0.6) is 0 Å². The lowest BCUT2D eigenvalue weighted by Crippen LogP contribution is -2.37. The maximum Gasteiger partial charge on any atom is 0.332 e. The van der Waals surface area contributed by atoms with Crippen LogP contribution in [0.15, 0.2) is 46.0 Å². The summed E-state index contributed by atoms with van der Waals surface area (Å²) in [5, 5.41) is 3.06. The predicted octanol–water partition coefficient (Wildman–Crippen LogP) is 1.39. The molecule has 2 aromatic rings. The summed E-state index contributed by atoms with van der Waals surface area (Å²) < 4.78 is 2.14. The van der Waals surface area contributed by atoms with Gasteiger partial charge in [-0.25, -0.2) is 4.79 Å². The molecule has 1 amide bonds. The summed E-state index contributed by atoms with van der Waals surface area (Å²) in [5.41, 5.74) is -0.237. The van der Waals surface area contributed by atoms with Crippen LogP contribution in [0.3, 0.4) is 0 Å². The van der Waals surface area contributed by atoms with Gasteiger partial charge in [-0.15, -0.1) is 0 Å². The number of aromatic nitrogens is 2. The molecule has 6 nitrogen and oxygen atoms in total.